The number of benzene rings is 2. The van der Waals surface area contributed by atoms with Gasteiger partial charge in [0, 0.05) is 17.4 Å². The lowest BCUT2D eigenvalue weighted by molar-refractivity contribution is 0.0949. The standard InChI is InChI=1S/C18H18N2O3S/c21-18(19-11-13-5-3-9-24(13,22)23)17-10-15-14-6-2-1-4-12(14)7-8-16(15)20-17/h1-2,4,6-8,10,13,20H,3,5,9,11H2,(H,19,21)/t13-/m1/s1. The van der Waals surface area contributed by atoms with E-state index in [0.29, 0.717) is 18.5 Å². The zero-order chi connectivity index (χ0) is 16.7. The van der Waals surface area contributed by atoms with Gasteiger partial charge in [-0.3, -0.25) is 4.79 Å². The predicted molar refractivity (Wildman–Crippen MR) is 94.9 cm³/mol. The molecule has 2 heterocycles. The summed E-state index contributed by atoms with van der Waals surface area (Å²) in [5, 5.41) is 5.50. The lowest BCUT2D eigenvalue weighted by Gasteiger charge is -2.09. The van der Waals surface area contributed by atoms with Crippen LogP contribution in [0.2, 0.25) is 0 Å². The van der Waals surface area contributed by atoms with Gasteiger partial charge in [-0.05, 0) is 35.7 Å². The molecule has 0 spiro atoms. The van der Waals surface area contributed by atoms with E-state index in [1.807, 2.05) is 42.5 Å². The summed E-state index contributed by atoms with van der Waals surface area (Å²) in [4.78, 5) is 15.5. The van der Waals surface area contributed by atoms with Crippen LogP contribution < -0.4 is 5.32 Å². The number of fused-ring (bicyclic) bond motifs is 3. The van der Waals surface area contributed by atoms with Crippen molar-refractivity contribution >= 4 is 37.4 Å². The van der Waals surface area contributed by atoms with Crippen molar-refractivity contribution in [2.24, 2.45) is 0 Å². The molecule has 0 unspecified atom stereocenters. The molecule has 0 saturated carbocycles. The Bertz CT molecular complexity index is 1040. The summed E-state index contributed by atoms with van der Waals surface area (Å²) in [7, 11) is -3.04. The highest BCUT2D eigenvalue weighted by molar-refractivity contribution is 7.92. The Morgan fingerprint density at radius 2 is 2.00 bits per heavy atom. The molecule has 2 aromatic carbocycles. The Morgan fingerprint density at radius 1 is 1.17 bits per heavy atom. The molecule has 1 saturated heterocycles. The maximum atomic E-state index is 12.4. The summed E-state index contributed by atoms with van der Waals surface area (Å²) in [5.41, 5.74) is 1.35. The van der Waals surface area contributed by atoms with E-state index in [2.05, 4.69) is 10.3 Å². The molecule has 2 N–H and O–H groups in total. The number of amides is 1. The molecule has 1 atom stereocenters. The van der Waals surface area contributed by atoms with Gasteiger partial charge in [-0.1, -0.05) is 30.3 Å². The number of sulfone groups is 1. The van der Waals surface area contributed by atoms with Crippen molar-refractivity contribution in [3.63, 3.8) is 0 Å². The minimum atomic E-state index is -3.04. The van der Waals surface area contributed by atoms with Crippen LogP contribution in [0.5, 0.6) is 0 Å². The van der Waals surface area contributed by atoms with Crippen molar-refractivity contribution in [3.8, 4) is 0 Å². The minimum Gasteiger partial charge on any atom is -0.351 e. The molecule has 0 radical (unpaired) electrons. The van der Waals surface area contributed by atoms with Gasteiger partial charge in [-0.2, -0.15) is 0 Å². The zero-order valence-corrected chi connectivity index (χ0v) is 13.9. The molecular formula is C18H18N2O3S. The van der Waals surface area contributed by atoms with Crippen LogP contribution in [0.15, 0.2) is 42.5 Å². The first-order chi connectivity index (χ1) is 11.5. The van der Waals surface area contributed by atoms with Gasteiger partial charge < -0.3 is 10.3 Å². The van der Waals surface area contributed by atoms with E-state index >= 15 is 0 Å². The molecule has 24 heavy (non-hydrogen) atoms. The second kappa shape index (κ2) is 5.63. The number of hydrogen-bond donors (Lipinski definition) is 2. The summed E-state index contributed by atoms with van der Waals surface area (Å²) >= 11 is 0. The average Bonchev–Trinajstić information content (AvgIpc) is 3.15. The molecular weight excluding hydrogens is 324 g/mol. The lowest BCUT2D eigenvalue weighted by Crippen LogP contribution is -2.34. The van der Waals surface area contributed by atoms with E-state index in [1.54, 1.807) is 0 Å². The van der Waals surface area contributed by atoms with Crippen molar-refractivity contribution in [1.29, 1.82) is 0 Å². The SMILES string of the molecule is O=C(NC[C@H]1CCCS1(=O)=O)c1cc2c(ccc3ccccc32)[nH]1. The molecule has 1 amide bonds. The number of H-pyrrole nitrogens is 1. The monoisotopic (exact) mass is 342 g/mol. The number of carbonyl (C=O) groups excluding carboxylic acids is 1. The summed E-state index contributed by atoms with van der Waals surface area (Å²) in [6, 6.07) is 13.8. The third-order valence-electron chi connectivity index (χ3n) is 4.73. The molecule has 3 aromatic rings. The van der Waals surface area contributed by atoms with E-state index in [4.69, 9.17) is 0 Å². The second-order valence-electron chi connectivity index (χ2n) is 6.27. The number of aromatic nitrogens is 1. The van der Waals surface area contributed by atoms with Gasteiger partial charge in [0.05, 0.1) is 11.0 Å². The Labute approximate surface area is 140 Å². The smallest absolute Gasteiger partial charge is 0.267 e. The zero-order valence-electron chi connectivity index (χ0n) is 13.1. The first-order valence-corrected chi connectivity index (χ1v) is 9.76. The van der Waals surface area contributed by atoms with Crippen LogP contribution in [0.4, 0.5) is 0 Å². The largest absolute Gasteiger partial charge is 0.351 e. The molecule has 0 bridgehead atoms. The Morgan fingerprint density at radius 3 is 2.79 bits per heavy atom. The van der Waals surface area contributed by atoms with Crippen LogP contribution in [-0.4, -0.2) is 36.9 Å². The van der Waals surface area contributed by atoms with E-state index in [9.17, 15) is 13.2 Å². The number of aromatic amines is 1. The van der Waals surface area contributed by atoms with Crippen LogP contribution in [0.1, 0.15) is 23.3 Å². The number of carbonyl (C=O) groups is 1. The molecule has 1 aliphatic heterocycles. The number of rotatable bonds is 3. The Hall–Kier alpha value is -2.34. The molecule has 5 nitrogen and oxygen atoms in total. The quantitative estimate of drug-likeness (QED) is 0.768. The van der Waals surface area contributed by atoms with Crippen molar-refractivity contribution in [2.75, 3.05) is 12.3 Å². The van der Waals surface area contributed by atoms with Crippen LogP contribution >= 0.6 is 0 Å². The molecule has 1 aliphatic rings. The van der Waals surface area contributed by atoms with E-state index in [0.717, 1.165) is 21.7 Å². The molecule has 1 fully saturated rings. The summed E-state index contributed by atoms with van der Waals surface area (Å²) in [6.45, 7) is 0.178. The average molecular weight is 342 g/mol. The Kier molecular flexibility index (Phi) is 3.57. The van der Waals surface area contributed by atoms with Gasteiger partial charge >= 0.3 is 0 Å². The first kappa shape index (κ1) is 15.2. The molecule has 6 heteroatoms. The van der Waals surface area contributed by atoms with Gasteiger partial charge in [0.15, 0.2) is 9.84 Å². The normalized spacial score (nSPS) is 19.8. The summed E-state index contributed by atoms with van der Waals surface area (Å²) in [6.07, 6.45) is 1.31. The van der Waals surface area contributed by atoms with Gasteiger partial charge in [0.2, 0.25) is 0 Å². The van der Waals surface area contributed by atoms with Crippen LogP contribution in [0.3, 0.4) is 0 Å². The highest BCUT2D eigenvalue weighted by Crippen LogP contribution is 2.26. The van der Waals surface area contributed by atoms with Gasteiger partial charge in [-0.15, -0.1) is 0 Å². The summed E-state index contributed by atoms with van der Waals surface area (Å²) < 4.78 is 23.7. The highest BCUT2D eigenvalue weighted by atomic mass is 32.2. The molecule has 1 aromatic heterocycles. The fourth-order valence-electron chi connectivity index (χ4n) is 3.40. The van der Waals surface area contributed by atoms with Gasteiger partial charge in [0.1, 0.15) is 5.69 Å². The van der Waals surface area contributed by atoms with Crippen LogP contribution in [0, 0.1) is 0 Å². The van der Waals surface area contributed by atoms with E-state index < -0.39 is 15.1 Å². The maximum absolute atomic E-state index is 12.4. The molecule has 0 aliphatic carbocycles. The van der Waals surface area contributed by atoms with Gasteiger partial charge in [0.25, 0.3) is 5.91 Å². The fourth-order valence-corrected chi connectivity index (χ4v) is 5.16. The van der Waals surface area contributed by atoms with Gasteiger partial charge in [-0.25, -0.2) is 8.42 Å². The highest BCUT2D eigenvalue weighted by Gasteiger charge is 2.31. The minimum absolute atomic E-state index is 0.178. The number of hydrogen-bond acceptors (Lipinski definition) is 3. The second-order valence-corrected chi connectivity index (χ2v) is 8.67. The molecule has 4 rings (SSSR count). The van der Waals surface area contributed by atoms with Crippen molar-refractivity contribution < 1.29 is 13.2 Å². The third-order valence-corrected chi connectivity index (χ3v) is 7.00. The fraction of sp³-hybridized carbons (Fsp3) is 0.278. The van der Waals surface area contributed by atoms with Crippen molar-refractivity contribution in [1.82, 2.24) is 10.3 Å². The summed E-state index contributed by atoms with van der Waals surface area (Å²) in [5.74, 6) is -0.0382. The van der Waals surface area contributed by atoms with Crippen molar-refractivity contribution in [2.45, 2.75) is 18.1 Å². The van der Waals surface area contributed by atoms with Crippen molar-refractivity contribution in [3.05, 3.63) is 48.2 Å². The van der Waals surface area contributed by atoms with E-state index in [1.165, 1.54) is 0 Å². The van der Waals surface area contributed by atoms with Crippen LogP contribution in [0.25, 0.3) is 21.7 Å². The van der Waals surface area contributed by atoms with E-state index in [-0.39, 0.29) is 18.2 Å². The lowest BCUT2D eigenvalue weighted by atomic mass is 10.1. The third kappa shape index (κ3) is 2.57. The van der Waals surface area contributed by atoms with Crippen LogP contribution in [-0.2, 0) is 9.84 Å². The predicted octanol–water partition coefficient (Wildman–Crippen LogP) is 2.63. The maximum Gasteiger partial charge on any atom is 0.267 e. The first-order valence-electron chi connectivity index (χ1n) is 8.05. The number of nitrogens with one attached hydrogen (secondary N) is 2. The topological polar surface area (TPSA) is 79.0 Å². The molecule has 124 valence electrons. The Balaban J connectivity index is 1.60.